The lowest BCUT2D eigenvalue weighted by Crippen LogP contribution is -1.98. The summed E-state index contributed by atoms with van der Waals surface area (Å²) in [6.45, 7) is 22.7. The van der Waals surface area contributed by atoms with E-state index in [4.69, 9.17) is 18.1 Å². The molecule has 0 atom stereocenters. The van der Waals surface area contributed by atoms with E-state index in [9.17, 15) is 4.79 Å². The summed E-state index contributed by atoms with van der Waals surface area (Å²) in [4.78, 5) is 44.5. The van der Waals surface area contributed by atoms with Gasteiger partial charge in [0.1, 0.15) is 0 Å². The maximum absolute atomic E-state index is 11.5. The molecule has 0 unspecified atom stereocenters. The van der Waals surface area contributed by atoms with Crippen molar-refractivity contribution in [2.45, 2.75) is 26.7 Å². The first-order valence-corrected chi connectivity index (χ1v) is 19.3. The molecule has 0 saturated heterocycles. The second-order valence-electron chi connectivity index (χ2n) is 14.1. The molecule has 0 fully saturated rings. The van der Waals surface area contributed by atoms with Gasteiger partial charge in [-0.2, -0.15) is 0 Å². The predicted molar refractivity (Wildman–Crippen MR) is 241 cm³/mol. The van der Waals surface area contributed by atoms with Gasteiger partial charge < -0.3 is 18.8 Å². The van der Waals surface area contributed by atoms with Crippen LogP contribution in [-0.4, -0.2) is 58.4 Å². The van der Waals surface area contributed by atoms with Gasteiger partial charge in [-0.1, -0.05) is 36.9 Å². The SMILES string of the molecule is C=Cc1cccnc1.[C-]#[N+]CCc1cc2c(/C=C/c3cccnc3)cc(-c3cncn3C)nc2cc1C.[C-]#[N+]CCc1cc2c(C=O)cc(-c3cncn3C)nc2cc1C. The van der Waals surface area contributed by atoms with Gasteiger partial charge in [-0.3, -0.25) is 14.8 Å². The summed E-state index contributed by atoms with van der Waals surface area (Å²) >= 11 is 0. The fourth-order valence-electron chi connectivity index (χ4n) is 6.65. The van der Waals surface area contributed by atoms with E-state index in [2.05, 4.69) is 78.5 Å². The number of fused-ring (bicyclic) bond motifs is 2. The van der Waals surface area contributed by atoms with Crippen LogP contribution in [0, 0.1) is 27.0 Å². The minimum Gasteiger partial charge on any atom is -0.332 e. The summed E-state index contributed by atoms with van der Waals surface area (Å²) < 4.78 is 3.85. The van der Waals surface area contributed by atoms with E-state index in [1.54, 1.807) is 49.6 Å². The van der Waals surface area contributed by atoms with Crippen molar-refractivity contribution < 1.29 is 4.79 Å². The van der Waals surface area contributed by atoms with Gasteiger partial charge in [-0.05, 0) is 101 Å². The Morgan fingerprint density at radius 2 is 1.15 bits per heavy atom. The Labute approximate surface area is 350 Å². The lowest BCUT2D eigenvalue weighted by atomic mass is 9.98. The monoisotopic (exact) mass is 788 g/mol. The number of hydrogen-bond donors (Lipinski definition) is 0. The molecule has 8 rings (SSSR count). The van der Waals surface area contributed by atoms with Crippen LogP contribution >= 0.6 is 0 Å². The minimum atomic E-state index is 0.448. The van der Waals surface area contributed by atoms with Gasteiger partial charge >= 0.3 is 0 Å². The van der Waals surface area contributed by atoms with Crippen molar-refractivity contribution in [3.8, 4) is 22.8 Å². The van der Waals surface area contributed by atoms with E-state index in [0.717, 1.165) is 90.7 Å². The van der Waals surface area contributed by atoms with Crippen LogP contribution in [-0.2, 0) is 26.9 Å². The third-order valence-corrected chi connectivity index (χ3v) is 9.93. The van der Waals surface area contributed by atoms with Crippen LogP contribution < -0.4 is 0 Å². The number of imidazole rings is 2. The number of pyridine rings is 4. The quantitative estimate of drug-likeness (QED) is 0.100. The van der Waals surface area contributed by atoms with E-state index in [-0.39, 0.29) is 0 Å². The van der Waals surface area contributed by atoms with Gasteiger partial charge in [0.25, 0.3) is 0 Å². The van der Waals surface area contributed by atoms with Gasteiger partial charge in [0.15, 0.2) is 6.29 Å². The van der Waals surface area contributed by atoms with Gasteiger partial charge in [-0.25, -0.2) is 33.1 Å². The molecule has 0 N–H and O–H groups in total. The molecule has 296 valence electrons. The van der Waals surface area contributed by atoms with Crippen molar-refractivity contribution in [3.63, 3.8) is 0 Å². The molecule has 2 aromatic carbocycles. The van der Waals surface area contributed by atoms with Gasteiger partial charge in [0, 0.05) is 68.1 Å². The first-order chi connectivity index (χ1) is 29.2. The molecule has 0 saturated carbocycles. The average molecular weight is 789 g/mol. The fourth-order valence-corrected chi connectivity index (χ4v) is 6.65. The maximum atomic E-state index is 11.5. The van der Waals surface area contributed by atoms with Crippen molar-refractivity contribution >= 4 is 46.3 Å². The Bertz CT molecular complexity index is 2880. The number of nitrogens with zero attached hydrogens (tertiary/aromatic N) is 10. The molecule has 0 radical (unpaired) electrons. The number of benzene rings is 2. The normalized spacial score (nSPS) is 10.6. The van der Waals surface area contributed by atoms with Crippen molar-refractivity contribution in [2.24, 2.45) is 14.1 Å². The third-order valence-electron chi connectivity index (χ3n) is 9.93. The van der Waals surface area contributed by atoms with Crippen LogP contribution in [0.5, 0.6) is 0 Å². The molecule has 0 amide bonds. The molecular formula is C49H44N10O. The molecule has 0 bridgehead atoms. The molecule has 0 spiro atoms. The number of hydrogen-bond acceptors (Lipinski definition) is 7. The fraction of sp³-hybridized carbons (Fsp3) is 0.163. The Morgan fingerprint density at radius 1 is 0.650 bits per heavy atom. The maximum Gasteiger partial charge on any atom is 0.218 e. The van der Waals surface area contributed by atoms with Crippen molar-refractivity contribution in [1.29, 1.82) is 0 Å². The van der Waals surface area contributed by atoms with Crippen LogP contribution in [0.2, 0.25) is 0 Å². The molecule has 11 heteroatoms. The molecule has 60 heavy (non-hydrogen) atoms. The highest BCUT2D eigenvalue weighted by Gasteiger charge is 2.14. The van der Waals surface area contributed by atoms with Gasteiger partial charge in [0.05, 0.1) is 58.9 Å². The van der Waals surface area contributed by atoms with Crippen LogP contribution in [0.15, 0.2) is 117 Å². The van der Waals surface area contributed by atoms with Crippen LogP contribution in [0.4, 0.5) is 0 Å². The highest BCUT2D eigenvalue weighted by Crippen LogP contribution is 2.29. The first kappa shape index (κ1) is 41.7. The van der Waals surface area contributed by atoms with E-state index >= 15 is 0 Å². The summed E-state index contributed by atoms with van der Waals surface area (Å²) in [6, 6.07) is 20.0. The van der Waals surface area contributed by atoms with Gasteiger partial charge in [-0.15, -0.1) is 0 Å². The Balaban J connectivity index is 0.000000173. The zero-order valence-corrected chi connectivity index (χ0v) is 34.1. The largest absolute Gasteiger partial charge is 0.332 e. The molecule has 8 aromatic rings. The van der Waals surface area contributed by atoms with Crippen LogP contribution in [0.25, 0.3) is 72.5 Å². The topological polar surface area (TPSA) is 113 Å². The summed E-state index contributed by atoms with van der Waals surface area (Å²) in [5.74, 6) is 0. The van der Waals surface area contributed by atoms with E-state index in [1.165, 1.54) is 5.56 Å². The zero-order valence-electron chi connectivity index (χ0n) is 34.1. The number of carbonyl (C=O) groups is 1. The lowest BCUT2D eigenvalue weighted by Gasteiger charge is -2.11. The molecule has 11 nitrogen and oxygen atoms in total. The smallest absolute Gasteiger partial charge is 0.218 e. The second-order valence-corrected chi connectivity index (χ2v) is 14.1. The third kappa shape index (κ3) is 10.2. The molecule has 0 aliphatic rings. The molecular weight excluding hydrogens is 745 g/mol. The Morgan fingerprint density at radius 3 is 1.57 bits per heavy atom. The predicted octanol–water partition coefficient (Wildman–Crippen LogP) is 9.91. The molecule has 0 aliphatic heterocycles. The molecule has 0 aliphatic carbocycles. The number of aromatic nitrogens is 8. The standard InChI is InChI=1S/C24H21N5.C18H16N4O.C7H7N/c1-17-11-22-21(12-19(17)8-10-25-2)20(7-6-18-5-4-9-26-14-18)13-23(28-22)24-15-27-16-29(24)3;1-12-6-16-15(7-13(12)4-5-19-2)14(10-23)8-17(21-16)18-9-20-11-22(18)3;1-2-7-4-3-5-8-6-7/h4-7,9,11-16H,8,10H2,1,3H3;6-11H,4-5H2,1,3H3;2-6H,1H2/b7-6+;;. The molecule has 6 aromatic heterocycles. The number of carbonyl (C=O) groups excluding carboxylic acids is 1. The number of aryl methyl sites for hydroxylation is 4. The van der Waals surface area contributed by atoms with E-state index < -0.39 is 0 Å². The van der Waals surface area contributed by atoms with Crippen molar-refractivity contribution in [2.75, 3.05) is 13.1 Å². The van der Waals surface area contributed by atoms with Crippen LogP contribution in [0.1, 0.15) is 49.3 Å². The number of aldehydes is 1. The van der Waals surface area contributed by atoms with Crippen LogP contribution in [0.3, 0.4) is 0 Å². The minimum absolute atomic E-state index is 0.448. The highest BCUT2D eigenvalue weighted by molar-refractivity contribution is 5.98. The highest BCUT2D eigenvalue weighted by atomic mass is 16.1. The Hall–Kier alpha value is -7.89. The summed E-state index contributed by atoms with van der Waals surface area (Å²) in [6.07, 6.45) is 22.4. The zero-order chi connectivity index (χ0) is 42.4. The van der Waals surface area contributed by atoms with Gasteiger partial charge in [0.2, 0.25) is 13.1 Å². The molecule has 6 heterocycles. The second kappa shape index (κ2) is 20.0. The first-order valence-electron chi connectivity index (χ1n) is 19.3. The number of rotatable bonds is 10. The van der Waals surface area contributed by atoms with Crippen molar-refractivity contribution in [1.82, 2.24) is 39.0 Å². The van der Waals surface area contributed by atoms with Crippen molar-refractivity contribution in [3.05, 3.63) is 184 Å². The summed E-state index contributed by atoms with van der Waals surface area (Å²) in [5.41, 5.74) is 13.5. The average Bonchev–Trinajstić information content (AvgIpc) is 3.92. The lowest BCUT2D eigenvalue weighted by molar-refractivity contribution is 0.112. The van der Waals surface area contributed by atoms with E-state index in [1.807, 2.05) is 78.9 Å². The Kier molecular flexibility index (Phi) is 13.9. The summed E-state index contributed by atoms with van der Waals surface area (Å²) in [5, 5.41) is 1.91. The van der Waals surface area contributed by atoms with E-state index in [0.29, 0.717) is 25.1 Å². The summed E-state index contributed by atoms with van der Waals surface area (Å²) in [7, 11) is 3.87.